The molecule has 17 heavy (non-hydrogen) atoms. The van der Waals surface area contributed by atoms with Crippen molar-refractivity contribution < 1.29 is 0 Å². The van der Waals surface area contributed by atoms with Crippen molar-refractivity contribution in [2.75, 3.05) is 0 Å². The number of hydrogen-bond donors (Lipinski definition) is 1. The summed E-state index contributed by atoms with van der Waals surface area (Å²) in [5, 5.41) is 7.33. The maximum absolute atomic E-state index is 6.06. The second kappa shape index (κ2) is 5.42. The summed E-state index contributed by atoms with van der Waals surface area (Å²) in [6, 6.07) is 0.0694. The molecule has 4 nitrogen and oxygen atoms in total. The maximum atomic E-state index is 6.06. The number of nitrogens with two attached hydrogens (primary N) is 1. The second-order valence-corrected chi connectivity index (χ2v) is 4.94. The highest BCUT2D eigenvalue weighted by Crippen LogP contribution is 2.26. The number of aromatic nitrogens is 3. The van der Waals surface area contributed by atoms with Gasteiger partial charge in [0.05, 0.1) is 17.9 Å². The lowest BCUT2D eigenvalue weighted by molar-refractivity contribution is 0.635. The van der Waals surface area contributed by atoms with E-state index in [0.29, 0.717) is 0 Å². The lowest BCUT2D eigenvalue weighted by Crippen LogP contribution is -2.09. The standard InChI is InChI=1S/C12H18N4S/c1-3-5-10(13)12-15-11(8-17-12)9-6-14-16(4-2)7-9/h6-8,10H,3-5,13H2,1-2H3. The van der Waals surface area contributed by atoms with Gasteiger partial charge in [-0.2, -0.15) is 5.10 Å². The fraction of sp³-hybridized carbons (Fsp3) is 0.500. The summed E-state index contributed by atoms with van der Waals surface area (Å²) in [5.74, 6) is 0. The van der Waals surface area contributed by atoms with Gasteiger partial charge in [-0.3, -0.25) is 4.68 Å². The molecule has 0 aliphatic heterocycles. The minimum Gasteiger partial charge on any atom is -0.322 e. The molecular formula is C12H18N4S. The normalized spacial score (nSPS) is 12.9. The van der Waals surface area contributed by atoms with Gasteiger partial charge in [0.25, 0.3) is 0 Å². The molecule has 5 heteroatoms. The van der Waals surface area contributed by atoms with Gasteiger partial charge in [-0.05, 0) is 13.3 Å². The van der Waals surface area contributed by atoms with Gasteiger partial charge in [0.1, 0.15) is 5.01 Å². The van der Waals surface area contributed by atoms with Gasteiger partial charge in [-0.1, -0.05) is 13.3 Å². The minimum absolute atomic E-state index is 0.0694. The molecule has 0 amide bonds. The third-order valence-corrected chi connectivity index (χ3v) is 3.67. The monoisotopic (exact) mass is 250 g/mol. The van der Waals surface area contributed by atoms with E-state index in [4.69, 9.17) is 5.73 Å². The van der Waals surface area contributed by atoms with Gasteiger partial charge in [0, 0.05) is 23.7 Å². The van der Waals surface area contributed by atoms with Crippen molar-refractivity contribution in [2.24, 2.45) is 5.73 Å². The molecule has 2 aromatic heterocycles. The summed E-state index contributed by atoms with van der Waals surface area (Å²) < 4.78 is 1.90. The van der Waals surface area contributed by atoms with Crippen molar-refractivity contribution >= 4 is 11.3 Å². The Balaban J connectivity index is 2.17. The zero-order chi connectivity index (χ0) is 12.3. The molecule has 0 aliphatic rings. The van der Waals surface area contributed by atoms with E-state index in [9.17, 15) is 0 Å². The molecule has 1 unspecified atom stereocenters. The van der Waals surface area contributed by atoms with Crippen LogP contribution in [0.15, 0.2) is 17.8 Å². The Labute approximate surface area is 105 Å². The van der Waals surface area contributed by atoms with E-state index < -0.39 is 0 Å². The third-order valence-electron chi connectivity index (χ3n) is 2.69. The highest BCUT2D eigenvalue weighted by Gasteiger charge is 2.11. The first-order valence-electron chi connectivity index (χ1n) is 5.98. The molecule has 0 saturated heterocycles. The van der Waals surface area contributed by atoms with E-state index in [0.717, 1.165) is 35.7 Å². The largest absolute Gasteiger partial charge is 0.322 e. The average molecular weight is 250 g/mol. The molecule has 2 N–H and O–H groups in total. The fourth-order valence-electron chi connectivity index (χ4n) is 1.69. The van der Waals surface area contributed by atoms with Crippen molar-refractivity contribution in [3.63, 3.8) is 0 Å². The number of rotatable bonds is 5. The van der Waals surface area contributed by atoms with Crippen LogP contribution in [0.1, 0.15) is 37.7 Å². The molecule has 0 spiro atoms. The molecule has 92 valence electrons. The predicted molar refractivity (Wildman–Crippen MR) is 70.8 cm³/mol. The van der Waals surface area contributed by atoms with Gasteiger partial charge >= 0.3 is 0 Å². The van der Waals surface area contributed by atoms with E-state index in [1.54, 1.807) is 11.3 Å². The number of thiazole rings is 1. The molecule has 0 radical (unpaired) electrons. The van der Waals surface area contributed by atoms with E-state index in [2.05, 4.69) is 29.3 Å². The van der Waals surface area contributed by atoms with Crippen LogP contribution in [0, 0.1) is 0 Å². The maximum Gasteiger partial charge on any atom is 0.110 e. The van der Waals surface area contributed by atoms with Crippen molar-refractivity contribution in [3.8, 4) is 11.3 Å². The topological polar surface area (TPSA) is 56.7 Å². The first-order chi connectivity index (χ1) is 8.24. The van der Waals surface area contributed by atoms with Crippen LogP contribution in [0.4, 0.5) is 0 Å². The quantitative estimate of drug-likeness (QED) is 0.887. The molecule has 0 fully saturated rings. The Morgan fingerprint density at radius 2 is 2.29 bits per heavy atom. The zero-order valence-electron chi connectivity index (χ0n) is 10.3. The van der Waals surface area contributed by atoms with E-state index in [-0.39, 0.29) is 6.04 Å². The van der Waals surface area contributed by atoms with Crippen LogP contribution in [0.3, 0.4) is 0 Å². The highest BCUT2D eigenvalue weighted by atomic mass is 32.1. The van der Waals surface area contributed by atoms with Gasteiger partial charge in [0.2, 0.25) is 0 Å². The van der Waals surface area contributed by atoms with Crippen LogP contribution in [-0.4, -0.2) is 14.8 Å². The number of hydrogen-bond acceptors (Lipinski definition) is 4. The lowest BCUT2D eigenvalue weighted by atomic mass is 10.2. The molecule has 2 aromatic rings. The van der Waals surface area contributed by atoms with Crippen LogP contribution < -0.4 is 5.73 Å². The molecule has 0 bridgehead atoms. The predicted octanol–water partition coefficient (Wildman–Crippen LogP) is 2.83. The third kappa shape index (κ3) is 2.73. The molecule has 2 heterocycles. The highest BCUT2D eigenvalue weighted by molar-refractivity contribution is 7.10. The summed E-state index contributed by atoms with van der Waals surface area (Å²) in [4.78, 5) is 4.59. The van der Waals surface area contributed by atoms with Gasteiger partial charge in [0.15, 0.2) is 0 Å². The summed E-state index contributed by atoms with van der Waals surface area (Å²) in [5.41, 5.74) is 8.11. The second-order valence-electron chi connectivity index (χ2n) is 4.05. The first kappa shape index (κ1) is 12.3. The van der Waals surface area contributed by atoms with Crippen LogP contribution in [0.25, 0.3) is 11.3 Å². The summed E-state index contributed by atoms with van der Waals surface area (Å²) in [6.07, 6.45) is 5.95. The average Bonchev–Trinajstić information content (AvgIpc) is 2.98. The Hall–Kier alpha value is -1.20. The van der Waals surface area contributed by atoms with Crippen molar-refractivity contribution in [1.82, 2.24) is 14.8 Å². The van der Waals surface area contributed by atoms with Gasteiger partial charge in [-0.25, -0.2) is 4.98 Å². The molecule has 0 aromatic carbocycles. The van der Waals surface area contributed by atoms with Crippen molar-refractivity contribution in [3.05, 3.63) is 22.8 Å². The Morgan fingerprint density at radius 3 is 2.94 bits per heavy atom. The van der Waals surface area contributed by atoms with E-state index in [1.165, 1.54) is 0 Å². The van der Waals surface area contributed by atoms with Crippen molar-refractivity contribution in [2.45, 2.75) is 39.3 Å². The summed E-state index contributed by atoms with van der Waals surface area (Å²) in [7, 11) is 0. The van der Waals surface area contributed by atoms with Crippen molar-refractivity contribution in [1.29, 1.82) is 0 Å². The fourth-order valence-corrected chi connectivity index (χ4v) is 2.56. The Bertz CT molecular complexity index is 474. The first-order valence-corrected chi connectivity index (χ1v) is 6.86. The smallest absolute Gasteiger partial charge is 0.110 e. The Kier molecular flexibility index (Phi) is 3.91. The molecule has 1 atom stereocenters. The Morgan fingerprint density at radius 1 is 1.47 bits per heavy atom. The van der Waals surface area contributed by atoms with Crippen LogP contribution >= 0.6 is 11.3 Å². The zero-order valence-corrected chi connectivity index (χ0v) is 11.1. The summed E-state index contributed by atoms with van der Waals surface area (Å²) >= 11 is 1.64. The minimum atomic E-state index is 0.0694. The van der Waals surface area contributed by atoms with Crippen LogP contribution in [0.2, 0.25) is 0 Å². The lowest BCUT2D eigenvalue weighted by Gasteiger charge is -2.04. The molecule has 0 aliphatic carbocycles. The van der Waals surface area contributed by atoms with Gasteiger partial charge < -0.3 is 5.73 Å². The van der Waals surface area contributed by atoms with E-state index in [1.807, 2.05) is 17.1 Å². The molecule has 2 rings (SSSR count). The number of aryl methyl sites for hydroxylation is 1. The SMILES string of the molecule is CCCC(N)c1nc(-c2cnn(CC)c2)cs1. The van der Waals surface area contributed by atoms with Crippen LogP contribution in [-0.2, 0) is 6.54 Å². The van der Waals surface area contributed by atoms with Crippen LogP contribution in [0.5, 0.6) is 0 Å². The van der Waals surface area contributed by atoms with E-state index >= 15 is 0 Å². The molecular weight excluding hydrogens is 232 g/mol. The molecule has 0 saturated carbocycles. The summed E-state index contributed by atoms with van der Waals surface area (Å²) in [6.45, 7) is 5.09. The van der Waals surface area contributed by atoms with Gasteiger partial charge in [-0.15, -0.1) is 11.3 Å². The number of nitrogens with zero attached hydrogens (tertiary/aromatic N) is 3.